The molecule has 1 aliphatic carbocycles. The van der Waals surface area contributed by atoms with Crippen molar-refractivity contribution in [3.8, 4) is 0 Å². The number of halogens is 3. The van der Waals surface area contributed by atoms with Crippen LogP contribution < -0.4 is 0 Å². The lowest BCUT2D eigenvalue weighted by molar-refractivity contribution is -0.140. The summed E-state index contributed by atoms with van der Waals surface area (Å²) in [6.45, 7) is -0.829. The zero-order valence-electron chi connectivity index (χ0n) is 16.0. The number of amides is 1. The molecule has 2 heterocycles. The van der Waals surface area contributed by atoms with Crippen molar-refractivity contribution in [2.45, 2.75) is 56.5 Å². The van der Waals surface area contributed by atoms with E-state index in [9.17, 15) is 23.1 Å². The zero-order chi connectivity index (χ0) is 20.6. The smallest absolute Gasteiger partial charge is 0.385 e. The summed E-state index contributed by atoms with van der Waals surface area (Å²) in [4.78, 5) is 18.7. The quantitative estimate of drug-likeness (QED) is 0.843. The molecule has 156 valence electrons. The van der Waals surface area contributed by atoms with E-state index in [1.807, 2.05) is 30.3 Å². The Balaban J connectivity index is 1.58. The van der Waals surface area contributed by atoms with Crippen LogP contribution in [0.5, 0.6) is 0 Å². The number of piperidine rings is 1. The third-order valence-corrected chi connectivity index (χ3v) is 6.23. The van der Waals surface area contributed by atoms with Crippen LogP contribution in [-0.2, 0) is 12.1 Å². The van der Waals surface area contributed by atoms with Crippen LogP contribution in [0.3, 0.4) is 0 Å². The summed E-state index contributed by atoms with van der Waals surface area (Å²) in [6, 6.07) is 9.39. The number of fused-ring (bicyclic) bond motifs is 1. The zero-order valence-corrected chi connectivity index (χ0v) is 16.0. The highest BCUT2D eigenvalue weighted by atomic mass is 19.4. The molecule has 1 unspecified atom stereocenters. The first-order valence-electron chi connectivity index (χ1n) is 9.95. The average Bonchev–Trinajstić information content (AvgIpc) is 3.15. The van der Waals surface area contributed by atoms with Crippen molar-refractivity contribution in [2.24, 2.45) is 5.92 Å². The molecule has 0 spiro atoms. The number of carbonyl (C=O) groups is 1. The highest BCUT2D eigenvalue weighted by Crippen LogP contribution is 2.47. The lowest BCUT2D eigenvalue weighted by atomic mass is 9.66. The molecule has 2 aliphatic rings. The topological polar surface area (TPSA) is 58.4 Å². The van der Waals surface area contributed by atoms with Crippen molar-refractivity contribution < 1.29 is 23.1 Å². The lowest BCUT2D eigenvalue weighted by Crippen LogP contribution is -2.59. The third kappa shape index (κ3) is 3.90. The summed E-state index contributed by atoms with van der Waals surface area (Å²) in [6.07, 6.45) is 1.75. The van der Waals surface area contributed by atoms with Crippen LogP contribution in [-0.4, -0.2) is 44.2 Å². The van der Waals surface area contributed by atoms with Crippen molar-refractivity contribution in [3.63, 3.8) is 0 Å². The van der Waals surface area contributed by atoms with Gasteiger partial charge < -0.3 is 14.6 Å². The second kappa shape index (κ2) is 7.48. The van der Waals surface area contributed by atoms with Crippen LogP contribution in [0, 0.1) is 5.92 Å². The van der Waals surface area contributed by atoms with Crippen molar-refractivity contribution in [1.82, 2.24) is 14.5 Å². The molecule has 0 radical (unpaired) electrons. The van der Waals surface area contributed by atoms with Crippen molar-refractivity contribution in [2.75, 3.05) is 6.54 Å². The largest absolute Gasteiger partial charge is 0.406 e. The van der Waals surface area contributed by atoms with Gasteiger partial charge in [-0.1, -0.05) is 43.2 Å². The van der Waals surface area contributed by atoms with Gasteiger partial charge in [0.2, 0.25) is 0 Å². The maximum Gasteiger partial charge on any atom is 0.406 e. The number of alkyl halides is 3. The molecule has 1 N–H and O–H groups in total. The van der Waals surface area contributed by atoms with E-state index < -0.39 is 18.3 Å². The number of carbonyl (C=O) groups excluding carboxylic acids is 1. The summed E-state index contributed by atoms with van der Waals surface area (Å²) < 4.78 is 38.7. The molecule has 29 heavy (non-hydrogen) atoms. The van der Waals surface area contributed by atoms with Crippen LogP contribution in [0.1, 0.15) is 48.2 Å². The fourth-order valence-corrected chi connectivity index (χ4v) is 4.93. The van der Waals surface area contributed by atoms with E-state index in [4.69, 9.17) is 0 Å². The second-order valence-electron chi connectivity index (χ2n) is 8.04. The van der Waals surface area contributed by atoms with E-state index in [-0.39, 0.29) is 23.6 Å². The predicted molar refractivity (Wildman–Crippen MR) is 100 cm³/mol. The van der Waals surface area contributed by atoms with Gasteiger partial charge in [0.1, 0.15) is 12.2 Å². The Bertz CT molecular complexity index is 868. The van der Waals surface area contributed by atoms with Gasteiger partial charge in [0.05, 0.1) is 11.9 Å². The lowest BCUT2D eigenvalue weighted by Gasteiger charge is -2.52. The monoisotopic (exact) mass is 407 g/mol. The number of benzene rings is 1. The molecule has 3 atom stereocenters. The molecule has 1 saturated carbocycles. The van der Waals surface area contributed by atoms with Gasteiger partial charge in [-0.15, -0.1) is 0 Å². The number of imidazole rings is 1. The fourth-order valence-electron chi connectivity index (χ4n) is 4.93. The van der Waals surface area contributed by atoms with Gasteiger partial charge in [-0.3, -0.25) is 4.79 Å². The Morgan fingerprint density at radius 2 is 1.93 bits per heavy atom. The van der Waals surface area contributed by atoms with Gasteiger partial charge in [-0.25, -0.2) is 4.98 Å². The maximum absolute atomic E-state index is 13.1. The van der Waals surface area contributed by atoms with E-state index in [1.54, 1.807) is 4.90 Å². The van der Waals surface area contributed by atoms with E-state index >= 15 is 0 Å². The summed E-state index contributed by atoms with van der Waals surface area (Å²) in [5.74, 6) is -0.466. The normalized spacial score (nSPS) is 27.5. The SMILES string of the molecule is O=C(c1cn(CC(F)(F)F)cn1)N1CC[C@@](O)(c2ccccc2)[C@@H]2CCCCC21. The fraction of sp³-hybridized carbons (Fsp3) is 0.524. The highest BCUT2D eigenvalue weighted by Gasteiger charge is 2.50. The summed E-state index contributed by atoms with van der Waals surface area (Å²) in [5, 5.41) is 11.6. The van der Waals surface area contributed by atoms with E-state index in [0.717, 1.165) is 48.3 Å². The van der Waals surface area contributed by atoms with Crippen molar-refractivity contribution in [1.29, 1.82) is 0 Å². The van der Waals surface area contributed by atoms with Crippen LogP contribution in [0.2, 0.25) is 0 Å². The Morgan fingerprint density at radius 3 is 2.66 bits per heavy atom. The molecule has 5 nitrogen and oxygen atoms in total. The minimum Gasteiger partial charge on any atom is -0.385 e. The Labute approximate surface area is 167 Å². The van der Waals surface area contributed by atoms with E-state index in [0.29, 0.717) is 13.0 Å². The molecular formula is C21H24F3N3O2. The van der Waals surface area contributed by atoms with Crippen LogP contribution in [0.4, 0.5) is 13.2 Å². The first-order valence-corrected chi connectivity index (χ1v) is 9.95. The van der Waals surface area contributed by atoms with Gasteiger partial charge in [0.15, 0.2) is 0 Å². The number of aromatic nitrogens is 2. The molecule has 1 amide bonds. The molecule has 1 saturated heterocycles. The summed E-state index contributed by atoms with van der Waals surface area (Å²) >= 11 is 0. The minimum atomic E-state index is -4.37. The predicted octanol–water partition coefficient (Wildman–Crippen LogP) is 3.74. The molecule has 0 bridgehead atoms. The van der Waals surface area contributed by atoms with Gasteiger partial charge in [-0.05, 0) is 24.8 Å². The maximum atomic E-state index is 13.1. The highest BCUT2D eigenvalue weighted by molar-refractivity contribution is 5.92. The molecular weight excluding hydrogens is 383 g/mol. The summed E-state index contributed by atoms with van der Waals surface area (Å²) in [5.41, 5.74) is -0.124. The molecule has 8 heteroatoms. The number of rotatable bonds is 3. The molecule has 1 aromatic heterocycles. The number of hydrogen-bond acceptors (Lipinski definition) is 3. The van der Waals surface area contributed by atoms with Gasteiger partial charge in [0.25, 0.3) is 5.91 Å². The second-order valence-corrected chi connectivity index (χ2v) is 8.04. The Hall–Kier alpha value is -2.35. The molecule has 1 aliphatic heterocycles. The van der Waals surface area contributed by atoms with Crippen LogP contribution in [0.25, 0.3) is 0 Å². The molecule has 4 rings (SSSR count). The number of nitrogens with zero attached hydrogens (tertiary/aromatic N) is 3. The van der Waals surface area contributed by atoms with Crippen LogP contribution in [0.15, 0.2) is 42.9 Å². The Morgan fingerprint density at radius 1 is 1.21 bits per heavy atom. The molecule has 2 aromatic rings. The first kappa shape index (κ1) is 19.9. The van der Waals surface area contributed by atoms with E-state index in [1.165, 1.54) is 0 Å². The number of likely N-dealkylation sites (tertiary alicyclic amines) is 1. The molecule has 2 fully saturated rings. The van der Waals surface area contributed by atoms with Gasteiger partial charge >= 0.3 is 6.18 Å². The molecule has 1 aromatic carbocycles. The van der Waals surface area contributed by atoms with Crippen LogP contribution >= 0.6 is 0 Å². The van der Waals surface area contributed by atoms with Gasteiger partial charge in [-0.2, -0.15) is 13.2 Å². The third-order valence-electron chi connectivity index (χ3n) is 6.23. The number of hydrogen-bond donors (Lipinski definition) is 1. The van der Waals surface area contributed by atoms with Crippen molar-refractivity contribution >= 4 is 5.91 Å². The van der Waals surface area contributed by atoms with E-state index in [2.05, 4.69) is 4.98 Å². The number of aliphatic hydroxyl groups is 1. The first-order chi connectivity index (χ1) is 13.8. The van der Waals surface area contributed by atoms with Gasteiger partial charge in [0, 0.05) is 24.7 Å². The summed E-state index contributed by atoms with van der Waals surface area (Å²) in [7, 11) is 0. The minimum absolute atomic E-state index is 0.0173. The standard InChI is InChI=1S/C21H24F3N3O2/c22-21(23,24)13-26-12-17(25-14-26)19(28)27-11-10-20(29,15-6-2-1-3-7-15)16-8-4-5-9-18(16)27/h1-3,6-7,12,14,16,18,29H,4-5,8-11,13H2/t16-,18?,20-/m1/s1. The average molecular weight is 407 g/mol. The van der Waals surface area contributed by atoms with Crippen molar-refractivity contribution in [3.05, 3.63) is 54.1 Å². The Kier molecular flexibility index (Phi) is 5.14.